The second-order valence-corrected chi connectivity index (χ2v) is 6.91. The lowest BCUT2D eigenvalue weighted by atomic mass is 10.1. The predicted molar refractivity (Wildman–Crippen MR) is 106 cm³/mol. The van der Waals surface area contributed by atoms with Crippen LogP contribution in [-0.4, -0.2) is 27.6 Å². The molecule has 28 heavy (non-hydrogen) atoms. The quantitative estimate of drug-likeness (QED) is 0.455. The summed E-state index contributed by atoms with van der Waals surface area (Å²) in [5, 5.41) is 10.9. The van der Waals surface area contributed by atoms with E-state index in [1.165, 1.54) is 6.92 Å². The molecule has 1 N–H and O–H groups in total. The van der Waals surface area contributed by atoms with Crippen LogP contribution in [0, 0.1) is 6.92 Å². The van der Waals surface area contributed by atoms with Gasteiger partial charge in [-0.25, -0.2) is 0 Å². The molecule has 0 fully saturated rings. The molecule has 1 heterocycles. The van der Waals surface area contributed by atoms with E-state index in [4.69, 9.17) is 9.15 Å². The molecular weight excluding hydrogens is 378 g/mol. The van der Waals surface area contributed by atoms with Crippen molar-refractivity contribution in [1.29, 1.82) is 0 Å². The maximum absolute atomic E-state index is 12.0. The summed E-state index contributed by atoms with van der Waals surface area (Å²) in [4.78, 5) is 23.3. The highest BCUT2D eigenvalue weighted by Crippen LogP contribution is 2.20. The van der Waals surface area contributed by atoms with Crippen LogP contribution in [0.2, 0.25) is 0 Å². The highest BCUT2D eigenvalue weighted by molar-refractivity contribution is 7.99. The molecule has 0 aliphatic rings. The minimum Gasteiger partial charge on any atom is -0.484 e. The lowest BCUT2D eigenvalue weighted by molar-refractivity contribution is -0.113. The molecule has 0 atom stereocenters. The molecule has 144 valence electrons. The van der Waals surface area contributed by atoms with Gasteiger partial charge in [0.15, 0.2) is 12.4 Å². The molecule has 0 aliphatic carbocycles. The van der Waals surface area contributed by atoms with Gasteiger partial charge in [0.1, 0.15) is 5.75 Å². The van der Waals surface area contributed by atoms with E-state index in [1.807, 2.05) is 31.2 Å². The van der Waals surface area contributed by atoms with Crippen molar-refractivity contribution in [3.8, 4) is 5.75 Å². The summed E-state index contributed by atoms with van der Waals surface area (Å²) in [5.41, 5.74) is 2.23. The van der Waals surface area contributed by atoms with Crippen LogP contribution in [-0.2, 0) is 11.4 Å². The topological polar surface area (TPSA) is 94.3 Å². The number of thioether (sulfide) groups is 1. The molecule has 0 unspecified atom stereocenters. The number of aryl methyl sites for hydroxylation is 1. The third-order valence-corrected chi connectivity index (χ3v) is 4.61. The number of hydrogen-bond acceptors (Lipinski definition) is 7. The van der Waals surface area contributed by atoms with Crippen LogP contribution in [0.25, 0.3) is 0 Å². The SMILES string of the molecule is CC(=O)c1ccc(NC(=O)CSc2nnc(COc3ccccc3C)o2)cc1. The molecule has 7 nitrogen and oxygen atoms in total. The molecule has 0 bridgehead atoms. The van der Waals surface area contributed by atoms with E-state index in [9.17, 15) is 9.59 Å². The molecular formula is C20H19N3O4S. The fourth-order valence-electron chi connectivity index (χ4n) is 2.33. The van der Waals surface area contributed by atoms with Crippen molar-refractivity contribution in [1.82, 2.24) is 10.2 Å². The molecule has 0 aliphatic heterocycles. The minimum atomic E-state index is -0.212. The van der Waals surface area contributed by atoms with E-state index in [2.05, 4.69) is 15.5 Å². The highest BCUT2D eigenvalue weighted by Gasteiger charge is 2.11. The van der Waals surface area contributed by atoms with Crippen molar-refractivity contribution in [3.63, 3.8) is 0 Å². The van der Waals surface area contributed by atoms with Gasteiger partial charge in [-0.15, -0.1) is 10.2 Å². The van der Waals surface area contributed by atoms with E-state index in [-0.39, 0.29) is 24.1 Å². The van der Waals surface area contributed by atoms with Crippen LogP contribution in [0.15, 0.2) is 58.2 Å². The number of ketones is 1. The Balaban J connectivity index is 1.46. The normalized spacial score (nSPS) is 10.5. The van der Waals surface area contributed by atoms with Crippen LogP contribution in [0.5, 0.6) is 5.75 Å². The molecule has 1 amide bonds. The van der Waals surface area contributed by atoms with Gasteiger partial charge >= 0.3 is 0 Å². The molecule has 3 rings (SSSR count). The summed E-state index contributed by atoms with van der Waals surface area (Å²) < 4.78 is 11.1. The molecule has 3 aromatic rings. The Labute approximate surface area is 166 Å². The number of hydrogen-bond donors (Lipinski definition) is 1. The Morgan fingerprint density at radius 3 is 2.57 bits per heavy atom. The van der Waals surface area contributed by atoms with Gasteiger partial charge in [0, 0.05) is 11.3 Å². The summed E-state index contributed by atoms with van der Waals surface area (Å²) in [7, 11) is 0. The molecule has 0 saturated carbocycles. The standard InChI is InChI=1S/C20H19N3O4S/c1-13-5-3-4-6-17(13)26-11-19-22-23-20(27-19)28-12-18(25)21-16-9-7-15(8-10-16)14(2)24/h3-10H,11-12H2,1-2H3,(H,21,25). The zero-order chi connectivity index (χ0) is 19.9. The predicted octanol–water partition coefficient (Wildman–Crippen LogP) is 3.89. The third kappa shape index (κ3) is 5.43. The van der Waals surface area contributed by atoms with Crippen LogP contribution >= 0.6 is 11.8 Å². The van der Waals surface area contributed by atoms with Gasteiger partial charge in [0.25, 0.3) is 11.1 Å². The Hall–Kier alpha value is -3.13. The van der Waals surface area contributed by atoms with Crippen molar-refractivity contribution in [3.05, 3.63) is 65.5 Å². The average Bonchev–Trinajstić information content (AvgIpc) is 3.14. The minimum absolute atomic E-state index is 0.0213. The first-order chi connectivity index (χ1) is 13.5. The maximum atomic E-state index is 12.0. The number of benzene rings is 2. The molecule has 2 aromatic carbocycles. The summed E-state index contributed by atoms with van der Waals surface area (Å²) >= 11 is 1.14. The highest BCUT2D eigenvalue weighted by atomic mass is 32.2. The smallest absolute Gasteiger partial charge is 0.277 e. The average molecular weight is 397 g/mol. The number of nitrogens with zero attached hydrogens (tertiary/aromatic N) is 2. The first kappa shape index (κ1) is 19.6. The Kier molecular flexibility index (Phi) is 6.44. The second-order valence-electron chi connectivity index (χ2n) is 5.99. The van der Waals surface area contributed by atoms with Crippen molar-refractivity contribution in [2.24, 2.45) is 0 Å². The number of aromatic nitrogens is 2. The fraction of sp³-hybridized carbons (Fsp3) is 0.200. The number of rotatable bonds is 8. The third-order valence-electron chi connectivity index (χ3n) is 3.79. The lowest BCUT2D eigenvalue weighted by Gasteiger charge is -2.05. The Bertz CT molecular complexity index is 970. The second kappa shape index (κ2) is 9.18. The van der Waals surface area contributed by atoms with E-state index in [0.717, 1.165) is 23.1 Å². The van der Waals surface area contributed by atoms with Crippen molar-refractivity contribution in [2.75, 3.05) is 11.1 Å². The number of ether oxygens (including phenoxy) is 1. The monoisotopic (exact) mass is 397 g/mol. The number of carbonyl (C=O) groups excluding carboxylic acids is 2. The molecule has 8 heteroatoms. The number of anilines is 1. The van der Waals surface area contributed by atoms with Gasteiger partial charge in [0.2, 0.25) is 5.91 Å². The van der Waals surface area contributed by atoms with E-state index < -0.39 is 0 Å². The number of nitrogens with one attached hydrogen (secondary N) is 1. The van der Waals surface area contributed by atoms with Crippen LogP contribution in [0.3, 0.4) is 0 Å². The van der Waals surface area contributed by atoms with Crippen LogP contribution in [0.1, 0.15) is 28.7 Å². The van der Waals surface area contributed by atoms with Gasteiger partial charge < -0.3 is 14.5 Å². The molecule has 0 spiro atoms. The maximum Gasteiger partial charge on any atom is 0.277 e. The first-order valence-corrected chi connectivity index (χ1v) is 9.54. The van der Waals surface area contributed by atoms with Crippen molar-refractivity contribution in [2.45, 2.75) is 25.7 Å². The van der Waals surface area contributed by atoms with E-state index >= 15 is 0 Å². The van der Waals surface area contributed by atoms with Gasteiger partial charge in [-0.2, -0.15) is 0 Å². The largest absolute Gasteiger partial charge is 0.484 e. The van der Waals surface area contributed by atoms with E-state index in [1.54, 1.807) is 24.3 Å². The first-order valence-electron chi connectivity index (χ1n) is 8.56. The lowest BCUT2D eigenvalue weighted by Crippen LogP contribution is -2.14. The number of para-hydroxylation sites is 1. The van der Waals surface area contributed by atoms with Crippen molar-refractivity contribution >= 4 is 29.1 Å². The van der Waals surface area contributed by atoms with Crippen LogP contribution < -0.4 is 10.1 Å². The Morgan fingerprint density at radius 2 is 1.86 bits per heavy atom. The molecule has 0 radical (unpaired) electrons. The van der Waals surface area contributed by atoms with Gasteiger partial charge in [-0.05, 0) is 49.7 Å². The van der Waals surface area contributed by atoms with Gasteiger partial charge in [-0.3, -0.25) is 9.59 Å². The van der Waals surface area contributed by atoms with E-state index in [0.29, 0.717) is 22.4 Å². The summed E-state index contributed by atoms with van der Waals surface area (Å²) in [5.74, 6) is 0.981. The summed E-state index contributed by atoms with van der Waals surface area (Å²) in [6.45, 7) is 3.61. The number of carbonyl (C=O) groups is 2. The van der Waals surface area contributed by atoms with Crippen LogP contribution in [0.4, 0.5) is 5.69 Å². The number of Topliss-reactive ketones (excluding diaryl/α,β-unsaturated/α-hetero) is 1. The van der Waals surface area contributed by atoms with Gasteiger partial charge in [-0.1, -0.05) is 30.0 Å². The Morgan fingerprint density at radius 1 is 1.11 bits per heavy atom. The molecule has 0 saturated heterocycles. The fourth-order valence-corrected chi connectivity index (χ4v) is 2.91. The summed E-state index contributed by atoms with van der Waals surface area (Å²) in [6.07, 6.45) is 0. The summed E-state index contributed by atoms with van der Waals surface area (Å²) in [6, 6.07) is 14.4. The number of amides is 1. The van der Waals surface area contributed by atoms with Gasteiger partial charge in [0.05, 0.1) is 5.75 Å². The van der Waals surface area contributed by atoms with Crippen molar-refractivity contribution < 1.29 is 18.7 Å². The molecule has 1 aromatic heterocycles. The zero-order valence-corrected chi connectivity index (χ0v) is 16.3. The zero-order valence-electron chi connectivity index (χ0n) is 15.5.